The predicted molar refractivity (Wildman–Crippen MR) is 45.6 cm³/mol. The van der Waals surface area contributed by atoms with E-state index < -0.39 is 12.1 Å². The number of rotatable bonds is 1. The fourth-order valence-electron chi connectivity index (χ4n) is 1.04. The summed E-state index contributed by atoms with van der Waals surface area (Å²) in [5, 5.41) is 0. The average Bonchev–Trinajstić information content (AvgIpc) is 2.03. The Labute approximate surface area is 75.4 Å². The van der Waals surface area contributed by atoms with E-state index in [-0.39, 0.29) is 0 Å². The molecule has 0 amide bonds. The molecule has 0 bridgehead atoms. The molecule has 0 radical (unpaired) electrons. The van der Waals surface area contributed by atoms with Crippen LogP contribution in [0.25, 0.3) is 0 Å². The van der Waals surface area contributed by atoms with Gasteiger partial charge in [-0.3, -0.25) is 0 Å². The first-order valence-corrected chi connectivity index (χ1v) is 4.04. The van der Waals surface area contributed by atoms with Gasteiger partial charge >= 0.3 is 6.18 Å². The standard InChI is InChI=1S/C10H11F3/c1-7-3-5-9(6-4-7)8(2)10(11,12)13/h3-6,8H,1-2H3. The molecule has 0 aliphatic carbocycles. The molecule has 0 spiro atoms. The Morgan fingerprint density at radius 3 is 1.92 bits per heavy atom. The Hall–Kier alpha value is -0.990. The van der Waals surface area contributed by atoms with E-state index in [9.17, 15) is 13.2 Å². The lowest BCUT2D eigenvalue weighted by atomic mass is 10.00. The second-order valence-corrected chi connectivity index (χ2v) is 3.17. The third kappa shape index (κ3) is 2.47. The van der Waals surface area contributed by atoms with Gasteiger partial charge in [0.2, 0.25) is 0 Å². The van der Waals surface area contributed by atoms with Crippen molar-refractivity contribution >= 4 is 0 Å². The molecule has 0 saturated carbocycles. The minimum Gasteiger partial charge on any atom is -0.170 e. The van der Waals surface area contributed by atoms with Crippen LogP contribution in [0.2, 0.25) is 0 Å². The van der Waals surface area contributed by atoms with Crippen molar-refractivity contribution in [1.82, 2.24) is 0 Å². The summed E-state index contributed by atoms with van der Waals surface area (Å²) in [6.45, 7) is 3.02. The van der Waals surface area contributed by atoms with Crippen LogP contribution in [0.15, 0.2) is 24.3 Å². The maximum Gasteiger partial charge on any atom is 0.395 e. The lowest BCUT2D eigenvalue weighted by molar-refractivity contribution is -0.146. The van der Waals surface area contributed by atoms with E-state index in [2.05, 4.69) is 0 Å². The topological polar surface area (TPSA) is 0 Å². The number of hydrogen-bond donors (Lipinski definition) is 0. The zero-order valence-electron chi connectivity index (χ0n) is 7.52. The summed E-state index contributed by atoms with van der Waals surface area (Å²) in [5.41, 5.74) is 1.29. The third-order valence-corrected chi connectivity index (χ3v) is 2.07. The van der Waals surface area contributed by atoms with Crippen LogP contribution in [0, 0.1) is 6.92 Å². The van der Waals surface area contributed by atoms with Gasteiger partial charge < -0.3 is 0 Å². The van der Waals surface area contributed by atoms with Crippen molar-refractivity contribution in [3.8, 4) is 0 Å². The van der Waals surface area contributed by atoms with Gasteiger partial charge in [-0.1, -0.05) is 29.8 Å². The number of hydrogen-bond acceptors (Lipinski definition) is 0. The van der Waals surface area contributed by atoms with Crippen molar-refractivity contribution in [2.24, 2.45) is 0 Å². The Morgan fingerprint density at radius 1 is 1.08 bits per heavy atom. The molecule has 1 unspecified atom stereocenters. The third-order valence-electron chi connectivity index (χ3n) is 2.07. The summed E-state index contributed by atoms with van der Waals surface area (Å²) in [7, 11) is 0. The molecule has 13 heavy (non-hydrogen) atoms. The molecule has 72 valence electrons. The fourth-order valence-corrected chi connectivity index (χ4v) is 1.04. The van der Waals surface area contributed by atoms with Gasteiger partial charge in [0.1, 0.15) is 0 Å². The number of alkyl halides is 3. The Kier molecular flexibility index (Phi) is 2.64. The summed E-state index contributed by atoms with van der Waals surface area (Å²) < 4.78 is 36.7. The maximum atomic E-state index is 12.2. The lowest BCUT2D eigenvalue weighted by Gasteiger charge is -2.15. The molecule has 1 atom stereocenters. The van der Waals surface area contributed by atoms with E-state index in [1.807, 2.05) is 6.92 Å². The summed E-state index contributed by atoms with van der Waals surface area (Å²) in [6.07, 6.45) is -4.14. The average molecular weight is 188 g/mol. The number of benzene rings is 1. The lowest BCUT2D eigenvalue weighted by Crippen LogP contribution is -2.17. The molecule has 3 heteroatoms. The van der Waals surface area contributed by atoms with Crippen molar-refractivity contribution in [3.05, 3.63) is 35.4 Å². The molecule has 0 aromatic heterocycles. The first-order chi connectivity index (χ1) is 5.91. The maximum absolute atomic E-state index is 12.2. The predicted octanol–water partition coefficient (Wildman–Crippen LogP) is 3.66. The minimum absolute atomic E-state index is 0.318. The van der Waals surface area contributed by atoms with E-state index >= 15 is 0 Å². The quantitative estimate of drug-likeness (QED) is 0.630. The summed E-state index contributed by atoms with van der Waals surface area (Å²) >= 11 is 0. The largest absolute Gasteiger partial charge is 0.395 e. The van der Waals surface area contributed by atoms with Crippen LogP contribution < -0.4 is 0 Å². The Balaban J connectivity index is 2.90. The van der Waals surface area contributed by atoms with Crippen molar-refractivity contribution in [2.75, 3.05) is 0 Å². The molecule has 0 saturated heterocycles. The smallest absolute Gasteiger partial charge is 0.170 e. The van der Waals surface area contributed by atoms with E-state index in [1.165, 1.54) is 19.1 Å². The van der Waals surface area contributed by atoms with Crippen molar-refractivity contribution < 1.29 is 13.2 Å². The summed E-state index contributed by atoms with van der Waals surface area (Å²) in [4.78, 5) is 0. The molecule has 0 aliphatic heterocycles. The van der Waals surface area contributed by atoms with Gasteiger partial charge in [-0.05, 0) is 19.4 Å². The molecule has 0 aliphatic rings. The second kappa shape index (κ2) is 3.40. The molecule has 0 nitrogen and oxygen atoms in total. The van der Waals surface area contributed by atoms with Gasteiger partial charge in [0.25, 0.3) is 0 Å². The van der Waals surface area contributed by atoms with E-state index in [4.69, 9.17) is 0 Å². The van der Waals surface area contributed by atoms with Gasteiger partial charge in [-0.25, -0.2) is 0 Å². The molecule has 1 aromatic rings. The molecular formula is C10H11F3. The second-order valence-electron chi connectivity index (χ2n) is 3.17. The molecule has 0 fully saturated rings. The van der Waals surface area contributed by atoms with Crippen molar-refractivity contribution in [2.45, 2.75) is 25.9 Å². The van der Waals surface area contributed by atoms with Gasteiger partial charge in [0.05, 0.1) is 5.92 Å². The summed E-state index contributed by atoms with van der Waals surface area (Å²) in [6, 6.07) is 6.43. The molecule has 1 aromatic carbocycles. The van der Waals surface area contributed by atoms with E-state index in [1.54, 1.807) is 12.1 Å². The normalized spacial score (nSPS) is 14.2. The van der Waals surface area contributed by atoms with Gasteiger partial charge in [-0.15, -0.1) is 0 Å². The SMILES string of the molecule is Cc1ccc(C(C)C(F)(F)F)cc1. The highest BCUT2D eigenvalue weighted by Crippen LogP contribution is 2.33. The zero-order chi connectivity index (χ0) is 10.1. The highest BCUT2D eigenvalue weighted by Gasteiger charge is 2.36. The van der Waals surface area contributed by atoms with Crippen LogP contribution in [0.1, 0.15) is 24.0 Å². The van der Waals surface area contributed by atoms with Crippen molar-refractivity contribution in [1.29, 1.82) is 0 Å². The number of halogens is 3. The van der Waals surface area contributed by atoms with Crippen LogP contribution in [0.3, 0.4) is 0 Å². The highest BCUT2D eigenvalue weighted by atomic mass is 19.4. The van der Waals surface area contributed by atoms with Crippen LogP contribution >= 0.6 is 0 Å². The van der Waals surface area contributed by atoms with Crippen LogP contribution in [-0.4, -0.2) is 6.18 Å². The van der Waals surface area contributed by atoms with Crippen LogP contribution in [0.4, 0.5) is 13.2 Å². The summed E-state index contributed by atoms with van der Waals surface area (Å²) in [5.74, 6) is -1.38. The zero-order valence-corrected chi connectivity index (χ0v) is 7.52. The first kappa shape index (κ1) is 10.1. The molecule has 0 N–H and O–H groups in total. The monoisotopic (exact) mass is 188 g/mol. The van der Waals surface area contributed by atoms with Gasteiger partial charge in [0, 0.05) is 0 Å². The Morgan fingerprint density at radius 2 is 1.54 bits per heavy atom. The van der Waals surface area contributed by atoms with E-state index in [0.717, 1.165) is 5.56 Å². The van der Waals surface area contributed by atoms with Gasteiger partial charge in [0.15, 0.2) is 0 Å². The molecular weight excluding hydrogens is 177 g/mol. The van der Waals surface area contributed by atoms with Crippen LogP contribution in [0.5, 0.6) is 0 Å². The van der Waals surface area contributed by atoms with Gasteiger partial charge in [-0.2, -0.15) is 13.2 Å². The Bertz CT molecular complexity index is 271. The number of aryl methyl sites for hydroxylation is 1. The van der Waals surface area contributed by atoms with Crippen LogP contribution in [-0.2, 0) is 0 Å². The first-order valence-electron chi connectivity index (χ1n) is 4.04. The molecule has 1 rings (SSSR count). The minimum atomic E-state index is -4.14. The fraction of sp³-hybridized carbons (Fsp3) is 0.400. The highest BCUT2D eigenvalue weighted by molar-refractivity contribution is 5.24. The van der Waals surface area contributed by atoms with Crippen molar-refractivity contribution in [3.63, 3.8) is 0 Å². The molecule has 0 heterocycles. The van der Waals surface area contributed by atoms with E-state index in [0.29, 0.717) is 5.56 Å².